The number of hydrogen-bond acceptors (Lipinski definition) is 5. The SMILES string of the molecule is Cc1sc(Br)cc1S(=O)(=O)NCCS(=O)(=O)N(C)C. The Kier molecular flexibility index (Phi) is 5.55. The average molecular weight is 391 g/mol. The Labute approximate surface area is 126 Å². The van der Waals surface area contributed by atoms with Gasteiger partial charge in [0.15, 0.2) is 0 Å². The lowest BCUT2D eigenvalue weighted by atomic mass is 10.5. The van der Waals surface area contributed by atoms with Gasteiger partial charge in [-0.3, -0.25) is 0 Å². The molecule has 110 valence electrons. The third kappa shape index (κ3) is 4.50. The highest BCUT2D eigenvalue weighted by atomic mass is 79.9. The monoisotopic (exact) mass is 390 g/mol. The van der Waals surface area contributed by atoms with Crippen molar-refractivity contribution in [3.63, 3.8) is 0 Å². The molecule has 0 aliphatic carbocycles. The average Bonchev–Trinajstić information content (AvgIpc) is 2.57. The van der Waals surface area contributed by atoms with Crippen molar-refractivity contribution >= 4 is 47.3 Å². The van der Waals surface area contributed by atoms with Crippen LogP contribution in [-0.4, -0.2) is 47.5 Å². The van der Waals surface area contributed by atoms with E-state index in [4.69, 9.17) is 0 Å². The molecule has 0 bridgehead atoms. The number of halogens is 1. The molecular weight excluding hydrogens is 376 g/mol. The van der Waals surface area contributed by atoms with Gasteiger partial charge in [0.2, 0.25) is 20.0 Å². The van der Waals surface area contributed by atoms with Gasteiger partial charge in [0, 0.05) is 25.5 Å². The Bertz CT molecular complexity index is 649. The van der Waals surface area contributed by atoms with Gasteiger partial charge in [-0.05, 0) is 28.9 Å². The van der Waals surface area contributed by atoms with Gasteiger partial charge in [-0.25, -0.2) is 25.9 Å². The number of rotatable bonds is 6. The molecule has 0 atom stereocenters. The van der Waals surface area contributed by atoms with Crippen molar-refractivity contribution in [3.8, 4) is 0 Å². The number of nitrogens with one attached hydrogen (secondary N) is 1. The molecule has 1 heterocycles. The lowest BCUT2D eigenvalue weighted by Crippen LogP contribution is -2.34. The molecule has 0 unspecified atom stereocenters. The van der Waals surface area contributed by atoms with E-state index in [2.05, 4.69) is 20.7 Å². The minimum absolute atomic E-state index is 0.157. The van der Waals surface area contributed by atoms with E-state index in [-0.39, 0.29) is 17.2 Å². The third-order valence-electron chi connectivity index (χ3n) is 2.34. The molecule has 0 aromatic carbocycles. The van der Waals surface area contributed by atoms with Gasteiger partial charge in [0.25, 0.3) is 0 Å². The van der Waals surface area contributed by atoms with Crippen LogP contribution in [0.15, 0.2) is 14.7 Å². The molecule has 0 saturated carbocycles. The van der Waals surface area contributed by atoms with Gasteiger partial charge < -0.3 is 0 Å². The molecule has 0 aliphatic rings. The predicted molar refractivity (Wildman–Crippen MR) is 79.4 cm³/mol. The number of hydrogen-bond donors (Lipinski definition) is 1. The largest absolute Gasteiger partial charge is 0.241 e. The summed E-state index contributed by atoms with van der Waals surface area (Å²) in [6, 6.07) is 1.50. The number of sulfonamides is 2. The van der Waals surface area contributed by atoms with Gasteiger partial charge in [-0.2, -0.15) is 0 Å². The summed E-state index contributed by atoms with van der Waals surface area (Å²) in [5.74, 6) is -0.274. The summed E-state index contributed by atoms with van der Waals surface area (Å²) in [5, 5.41) is 0. The highest BCUT2D eigenvalue weighted by Gasteiger charge is 2.21. The third-order valence-corrected chi connectivity index (χ3v) is 7.44. The molecule has 0 amide bonds. The fourth-order valence-electron chi connectivity index (χ4n) is 1.26. The summed E-state index contributed by atoms with van der Waals surface area (Å²) in [5.41, 5.74) is 0. The Hall–Kier alpha value is -0.000000000000000187. The van der Waals surface area contributed by atoms with Crippen molar-refractivity contribution in [2.45, 2.75) is 11.8 Å². The Morgan fingerprint density at radius 3 is 2.32 bits per heavy atom. The first-order chi connectivity index (χ1) is 8.56. The van der Waals surface area contributed by atoms with Crippen molar-refractivity contribution in [1.82, 2.24) is 9.03 Å². The Morgan fingerprint density at radius 2 is 1.89 bits per heavy atom. The van der Waals surface area contributed by atoms with Gasteiger partial charge in [-0.1, -0.05) is 0 Å². The lowest BCUT2D eigenvalue weighted by molar-refractivity contribution is 0.519. The summed E-state index contributed by atoms with van der Waals surface area (Å²) in [6.45, 7) is 1.54. The zero-order valence-corrected chi connectivity index (χ0v) is 14.7. The summed E-state index contributed by atoms with van der Waals surface area (Å²) >= 11 is 4.53. The van der Waals surface area contributed by atoms with Crippen molar-refractivity contribution in [2.75, 3.05) is 26.4 Å². The van der Waals surface area contributed by atoms with E-state index in [0.29, 0.717) is 8.66 Å². The molecule has 1 aromatic rings. The molecule has 0 saturated heterocycles. The molecule has 1 N–H and O–H groups in total. The van der Waals surface area contributed by atoms with Crippen LogP contribution in [0.4, 0.5) is 0 Å². The smallest absolute Gasteiger partial charge is 0.212 e. The van der Waals surface area contributed by atoms with E-state index in [9.17, 15) is 16.8 Å². The van der Waals surface area contributed by atoms with Crippen LogP contribution in [0.3, 0.4) is 0 Å². The fourth-order valence-corrected chi connectivity index (χ4v) is 5.56. The van der Waals surface area contributed by atoms with Crippen molar-refractivity contribution < 1.29 is 16.8 Å². The molecule has 0 radical (unpaired) electrons. The van der Waals surface area contributed by atoms with Crippen LogP contribution in [0.1, 0.15) is 4.88 Å². The van der Waals surface area contributed by atoms with Crippen LogP contribution in [0.5, 0.6) is 0 Å². The molecule has 1 rings (SSSR count). The van der Waals surface area contributed by atoms with Gasteiger partial charge in [-0.15, -0.1) is 11.3 Å². The molecule has 10 heteroatoms. The first-order valence-electron chi connectivity index (χ1n) is 5.22. The second-order valence-electron chi connectivity index (χ2n) is 3.97. The second kappa shape index (κ2) is 6.19. The summed E-state index contributed by atoms with van der Waals surface area (Å²) < 4.78 is 51.1. The van der Waals surface area contributed by atoms with Crippen molar-refractivity contribution in [2.24, 2.45) is 0 Å². The molecule has 0 spiro atoms. The highest BCUT2D eigenvalue weighted by molar-refractivity contribution is 9.11. The normalized spacial score (nSPS) is 13.1. The minimum Gasteiger partial charge on any atom is -0.212 e. The highest BCUT2D eigenvalue weighted by Crippen LogP contribution is 2.29. The number of nitrogens with zero attached hydrogens (tertiary/aromatic N) is 1. The molecular formula is C9H15BrN2O4S3. The predicted octanol–water partition coefficient (Wildman–Crippen LogP) is 0.989. The lowest BCUT2D eigenvalue weighted by Gasteiger charge is -2.11. The fraction of sp³-hybridized carbons (Fsp3) is 0.556. The standard InChI is InChI=1S/C9H15BrN2O4S3/c1-7-8(6-9(10)17-7)19(15,16)11-4-5-18(13,14)12(2)3/h6,11H,4-5H2,1-3H3. The van der Waals surface area contributed by atoms with Crippen LogP contribution in [0.2, 0.25) is 0 Å². The maximum Gasteiger partial charge on any atom is 0.241 e. The zero-order chi connectivity index (χ0) is 14.8. The molecule has 1 aromatic heterocycles. The van der Waals surface area contributed by atoms with Crippen LogP contribution < -0.4 is 4.72 Å². The van der Waals surface area contributed by atoms with E-state index in [1.54, 1.807) is 6.92 Å². The minimum atomic E-state index is -3.67. The van der Waals surface area contributed by atoms with Crippen LogP contribution in [-0.2, 0) is 20.0 Å². The molecule has 19 heavy (non-hydrogen) atoms. The summed E-state index contributed by atoms with van der Waals surface area (Å²) in [7, 11) is -4.27. The Morgan fingerprint density at radius 1 is 1.32 bits per heavy atom. The van der Waals surface area contributed by atoms with Crippen LogP contribution in [0, 0.1) is 6.92 Å². The second-order valence-corrected chi connectivity index (χ2v) is 10.6. The van der Waals surface area contributed by atoms with Crippen LogP contribution >= 0.6 is 27.3 Å². The van der Waals surface area contributed by atoms with Crippen molar-refractivity contribution in [1.29, 1.82) is 0 Å². The maximum atomic E-state index is 12.0. The maximum absolute atomic E-state index is 12.0. The van der Waals surface area contributed by atoms with E-state index in [1.807, 2.05) is 0 Å². The Balaban J connectivity index is 2.75. The van der Waals surface area contributed by atoms with E-state index in [0.717, 1.165) is 4.31 Å². The topological polar surface area (TPSA) is 83.5 Å². The van der Waals surface area contributed by atoms with E-state index < -0.39 is 20.0 Å². The molecule has 0 aliphatic heterocycles. The van der Waals surface area contributed by atoms with Gasteiger partial charge >= 0.3 is 0 Å². The summed E-state index contributed by atoms with van der Waals surface area (Å²) in [4.78, 5) is 0.821. The van der Waals surface area contributed by atoms with Crippen molar-refractivity contribution in [3.05, 3.63) is 14.7 Å². The van der Waals surface area contributed by atoms with Gasteiger partial charge in [0.05, 0.1) is 14.4 Å². The summed E-state index contributed by atoms with van der Waals surface area (Å²) in [6.07, 6.45) is 0. The first-order valence-corrected chi connectivity index (χ1v) is 9.92. The van der Waals surface area contributed by atoms with E-state index in [1.165, 1.54) is 31.5 Å². The van der Waals surface area contributed by atoms with E-state index >= 15 is 0 Å². The van der Waals surface area contributed by atoms with Crippen LogP contribution in [0.25, 0.3) is 0 Å². The number of aryl methyl sites for hydroxylation is 1. The molecule has 0 fully saturated rings. The quantitative estimate of drug-likeness (QED) is 0.784. The zero-order valence-electron chi connectivity index (χ0n) is 10.7. The molecule has 6 nitrogen and oxygen atoms in total. The van der Waals surface area contributed by atoms with Gasteiger partial charge in [0.1, 0.15) is 0 Å². The number of thiophene rings is 1. The first kappa shape index (κ1) is 17.1.